The number of rotatable bonds is 8. The lowest BCUT2D eigenvalue weighted by atomic mass is 10.0. The monoisotopic (exact) mass is 287 g/mol. The average Bonchev–Trinajstić information content (AvgIpc) is 2.35. The molecule has 0 spiro atoms. The Balaban J connectivity index is 4.36. The van der Waals surface area contributed by atoms with Gasteiger partial charge in [-0.1, -0.05) is 20.3 Å². The average molecular weight is 287 g/mol. The number of unbranched alkanes of at least 4 members (excludes halogenated alkanes) is 1. The SMILES string of the molecule is CCCCNC(=O)NC(=O)CN(CC)C(C)(C)C(=O)O. The van der Waals surface area contributed by atoms with E-state index in [9.17, 15) is 14.4 Å². The van der Waals surface area contributed by atoms with Crippen molar-refractivity contribution in [3.63, 3.8) is 0 Å². The van der Waals surface area contributed by atoms with Gasteiger partial charge < -0.3 is 10.4 Å². The highest BCUT2D eigenvalue weighted by molar-refractivity contribution is 5.95. The van der Waals surface area contributed by atoms with E-state index in [0.29, 0.717) is 13.1 Å². The molecule has 0 bridgehead atoms. The van der Waals surface area contributed by atoms with E-state index in [2.05, 4.69) is 10.6 Å². The third kappa shape index (κ3) is 6.01. The number of nitrogens with zero attached hydrogens (tertiary/aromatic N) is 1. The van der Waals surface area contributed by atoms with Crippen molar-refractivity contribution in [1.82, 2.24) is 15.5 Å². The number of nitrogens with one attached hydrogen (secondary N) is 2. The fourth-order valence-corrected chi connectivity index (χ4v) is 1.60. The van der Waals surface area contributed by atoms with Crippen molar-refractivity contribution in [3.8, 4) is 0 Å². The summed E-state index contributed by atoms with van der Waals surface area (Å²) in [4.78, 5) is 35.8. The van der Waals surface area contributed by atoms with Crippen LogP contribution < -0.4 is 10.6 Å². The van der Waals surface area contributed by atoms with Crippen LogP contribution >= 0.6 is 0 Å². The molecule has 0 saturated heterocycles. The molecular formula is C13H25N3O4. The Bertz CT molecular complexity index is 356. The predicted molar refractivity (Wildman–Crippen MR) is 75.4 cm³/mol. The number of hydrogen-bond acceptors (Lipinski definition) is 4. The lowest BCUT2D eigenvalue weighted by Crippen LogP contribution is -2.54. The number of carboxylic acids is 1. The third-order valence-corrected chi connectivity index (χ3v) is 3.10. The largest absolute Gasteiger partial charge is 0.480 e. The van der Waals surface area contributed by atoms with Gasteiger partial charge in [0.2, 0.25) is 5.91 Å². The zero-order chi connectivity index (χ0) is 15.8. The summed E-state index contributed by atoms with van der Waals surface area (Å²) in [5, 5.41) is 13.9. The van der Waals surface area contributed by atoms with E-state index in [4.69, 9.17) is 5.11 Å². The molecule has 7 heteroatoms. The summed E-state index contributed by atoms with van der Waals surface area (Å²) >= 11 is 0. The molecule has 0 unspecified atom stereocenters. The summed E-state index contributed by atoms with van der Waals surface area (Å²) in [6.45, 7) is 7.56. The lowest BCUT2D eigenvalue weighted by molar-refractivity contribution is -0.149. The zero-order valence-corrected chi connectivity index (χ0v) is 12.7. The molecule has 0 aliphatic heterocycles. The molecule has 0 aromatic carbocycles. The van der Waals surface area contributed by atoms with E-state index in [1.807, 2.05) is 6.92 Å². The van der Waals surface area contributed by atoms with Gasteiger partial charge in [-0.05, 0) is 26.8 Å². The molecule has 0 aromatic heterocycles. The van der Waals surface area contributed by atoms with E-state index < -0.39 is 23.4 Å². The molecule has 0 aliphatic carbocycles. The minimum absolute atomic E-state index is 0.142. The van der Waals surface area contributed by atoms with Crippen LogP contribution in [0.2, 0.25) is 0 Å². The van der Waals surface area contributed by atoms with Crippen LogP contribution in [0.1, 0.15) is 40.5 Å². The first-order valence-corrected chi connectivity index (χ1v) is 6.81. The molecule has 7 nitrogen and oxygen atoms in total. The number of carbonyl (C=O) groups is 3. The normalized spacial score (nSPS) is 11.2. The number of urea groups is 1. The number of likely N-dealkylation sites (N-methyl/N-ethyl adjacent to an activating group) is 1. The molecule has 0 rings (SSSR count). The second-order valence-electron chi connectivity index (χ2n) is 5.04. The van der Waals surface area contributed by atoms with Gasteiger partial charge in [0.1, 0.15) is 5.54 Å². The first-order chi connectivity index (χ1) is 9.25. The molecule has 0 radical (unpaired) electrons. The molecule has 0 aliphatic rings. The van der Waals surface area contributed by atoms with Gasteiger partial charge in [0.25, 0.3) is 0 Å². The van der Waals surface area contributed by atoms with Crippen molar-refractivity contribution >= 4 is 17.9 Å². The Kier molecular flexibility index (Phi) is 7.83. The molecule has 0 atom stereocenters. The van der Waals surface area contributed by atoms with Crippen molar-refractivity contribution < 1.29 is 19.5 Å². The van der Waals surface area contributed by atoms with E-state index in [1.54, 1.807) is 6.92 Å². The predicted octanol–water partition coefficient (Wildman–Crippen LogP) is 0.797. The number of amides is 3. The van der Waals surface area contributed by atoms with Crippen molar-refractivity contribution in [2.75, 3.05) is 19.6 Å². The summed E-state index contributed by atoms with van der Waals surface area (Å²) in [6, 6.07) is -0.548. The Morgan fingerprint density at radius 2 is 1.80 bits per heavy atom. The van der Waals surface area contributed by atoms with Gasteiger partial charge in [0.15, 0.2) is 0 Å². The molecule has 0 fully saturated rings. The number of imide groups is 1. The summed E-state index contributed by atoms with van der Waals surface area (Å²) in [6.07, 6.45) is 1.79. The van der Waals surface area contributed by atoms with Crippen LogP contribution in [0.3, 0.4) is 0 Å². The second kappa shape index (κ2) is 8.52. The Hall–Kier alpha value is -1.63. The zero-order valence-electron chi connectivity index (χ0n) is 12.7. The minimum atomic E-state index is -1.16. The highest BCUT2D eigenvalue weighted by Crippen LogP contribution is 2.13. The van der Waals surface area contributed by atoms with Crippen molar-refractivity contribution in [2.45, 2.75) is 46.1 Å². The van der Waals surface area contributed by atoms with Gasteiger partial charge in [0, 0.05) is 6.54 Å². The van der Waals surface area contributed by atoms with Crippen LogP contribution in [0.5, 0.6) is 0 Å². The molecule has 0 saturated carbocycles. The number of hydrogen-bond donors (Lipinski definition) is 3. The van der Waals surface area contributed by atoms with Crippen LogP contribution in [0, 0.1) is 0 Å². The maximum atomic E-state index is 11.7. The van der Waals surface area contributed by atoms with Gasteiger partial charge in [-0.3, -0.25) is 19.8 Å². The summed E-state index contributed by atoms with van der Waals surface area (Å²) < 4.78 is 0. The maximum absolute atomic E-state index is 11.7. The van der Waals surface area contributed by atoms with Gasteiger partial charge >= 0.3 is 12.0 Å². The fourth-order valence-electron chi connectivity index (χ4n) is 1.60. The van der Waals surface area contributed by atoms with Crippen molar-refractivity contribution in [1.29, 1.82) is 0 Å². The first-order valence-electron chi connectivity index (χ1n) is 6.81. The summed E-state index contributed by atoms with van der Waals surface area (Å²) in [5.41, 5.74) is -1.16. The molecule has 116 valence electrons. The van der Waals surface area contributed by atoms with Crippen LogP contribution in [0.4, 0.5) is 4.79 Å². The molecule has 3 amide bonds. The topological polar surface area (TPSA) is 98.7 Å². The Labute approximate surface area is 119 Å². The standard InChI is InChI=1S/C13H25N3O4/c1-5-7-8-14-12(20)15-10(17)9-16(6-2)13(3,4)11(18)19/h5-9H2,1-4H3,(H,18,19)(H2,14,15,17,20). The highest BCUT2D eigenvalue weighted by Gasteiger charge is 2.34. The molecule has 0 heterocycles. The molecule has 20 heavy (non-hydrogen) atoms. The lowest BCUT2D eigenvalue weighted by Gasteiger charge is -2.33. The van der Waals surface area contributed by atoms with Crippen molar-refractivity contribution in [2.24, 2.45) is 0 Å². The fraction of sp³-hybridized carbons (Fsp3) is 0.769. The first kappa shape index (κ1) is 18.4. The van der Waals surface area contributed by atoms with Gasteiger partial charge in [-0.2, -0.15) is 0 Å². The highest BCUT2D eigenvalue weighted by atomic mass is 16.4. The molecular weight excluding hydrogens is 262 g/mol. The molecule has 0 aromatic rings. The van der Waals surface area contributed by atoms with Gasteiger partial charge in [-0.25, -0.2) is 4.79 Å². The third-order valence-electron chi connectivity index (χ3n) is 3.10. The smallest absolute Gasteiger partial charge is 0.323 e. The van der Waals surface area contributed by atoms with E-state index in [-0.39, 0.29) is 6.54 Å². The van der Waals surface area contributed by atoms with Gasteiger partial charge in [-0.15, -0.1) is 0 Å². The Morgan fingerprint density at radius 1 is 1.20 bits per heavy atom. The summed E-state index contributed by atoms with van der Waals surface area (Å²) in [7, 11) is 0. The maximum Gasteiger partial charge on any atom is 0.323 e. The van der Waals surface area contributed by atoms with E-state index in [0.717, 1.165) is 12.8 Å². The van der Waals surface area contributed by atoms with Crippen LogP contribution in [-0.4, -0.2) is 53.1 Å². The quantitative estimate of drug-likeness (QED) is 0.573. The number of carboxylic acid groups (broad SMARTS) is 1. The van der Waals surface area contributed by atoms with E-state index >= 15 is 0 Å². The van der Waals surface area contributed by atoms with Crippen LogP contribution in [0.25, 0.3) is 0 Å². The van der Waals surface area contributed by atoms with Crippen molar-refractivity contribution in [3.05, 3.63) is 0 Å². The van der Waals surface area contributed by atoms with Gasteiger partial charge in [0.05, 0.1) is 6.54 Å². The number of carbonyl (C=O) groups excluding carboxylic acids is 2. The van der Waals surface area contributed by atoms with E-state index in [1.165, 1.54) is 18.7 Å². The summed E-state index contributed by atoms with van der Waals surface area (Å²) in [5.74, 6) is -1.53. The Morgan fingerprint density at radius 3 is 2.25 bits per heavy atom. The van der Waals surface area contributed by atoms with Crippen LogP contribution in [0.15, 0.2) is 0 Å². The van der Waals surface area contributed by atoms with Crippen LogP contribution in [-0.2, 0) is 9.59 Å². The minimum Gasteiger partial charge on any atom is -0.480 e. The number of aliphatic carboxylic acids is 1. The second-order valence-corrected chi connectivity index (χ2v) is 5.04. The molecule has 3 N–H and O–H groups in total.